The van der Waals surface area contributed by atoms with Crippen molar-refractivity contribution in [2.45, 2.75) is 19.8 Å². The monoisotopic (exact) mass is 226 g/mol. The van der Waals surface area contributed by atoms with Gasteiger partial charge in [0.1, 0.15) is 0 Å². The van der Waals surface area contributed by atoms with Crippen LogP contribution in [0.1, 0.15) is 25.5 Å². The number of nitrogens with one attached hydrogen (secondary N) is 1. The van der Waals surface area contributed by atoms with Crippen LogP contribution in [0.3, 0.4) is 0 Å². The Hall–Kier alpha value is -2.10. The molecule has 0 unspecified atom stereocenters. The van der Waals surface area contributed by atoms with E-state index in [1.807, 2.05) is 35.2 Å². The topological polar surface area (TPSA) is 46.0 Å². The Kier molecular flexibility index (Phi) is 2.21. The van der Waals surface area contributed by atoms with Gasteiger partial charge in [0, 0.05) is 23.5 Å². The van der Waals surface area contributed by atoms with Crippen molar-refractivity contribution in [3.8, 4) is 11.1 Å². The first-order valence-corrected chi connectivity index (χ1v) is 5.74. The molecule has 4 nitrogen and oxygen atoms in total. The number of aromatic nitrogens is 4. The van der Waals surface area contributed by atoms with Gasteiger partial charge in [-0.25, -0.2) is 4.52 Å². The summed E-state index contributed by atoms with van der Waals surface area (Å²) >= 11 is 0. The molecular weight excluding hydrogens is 212 g/mol. The third-order valence-corrected chi connectivity index (χ3v) is 2.90. The van der Waals surface area contributed by atoms with Crippen LogP contribution in [0.15, 0.2) is 36.8 Å². The molecule has 0 aliphatic rings. The summed E-state index contributed by atoms with van der Waals surface area (Å²) in [4.78, 5) is 0. The number of pyridine rings is 1. The number of aromatic amines is 1. The SMILES string of the molecule is CC(C)c1nn2ccccc2c1-c1cn[nH]c1. The van der Waals surface area contributed by atoms with Crippen LogP contribution >= 0.6 is 0 Å². The molecule has 1 N–H and O–H groups in total. The predicted molar refractivity (Wildman–Crippen MR) is 66.9 cm³/mol. The molecule has 0 aromatic carbocycles. The van der Waals surface area contributed by atoms with Crippen LogP contribution in [0.4, 0.5) is 0 Å². The van der Waals surface area contributed by atoms with Crippen LogP contribution in [0.5, 0.6) is 0 Å². The van der Waals surface area contributed by atoms with Crippen LogP contribution in [-0.2, 0) is 0 Å². The van der Waals surface area contributed by atoms with E-state index in [2.05, 4.69) is 35.2 Å². The molecule has 3 rings (SSSR count). The van der Waals surface area contributed by atoms with E-state index >= 15 is 0 Å². The Bertz CT molecular complexity index is 635. The van der Waals surface area contributed by atoms with Gasteiger partial charge in [0.15, 0.2) is 0 Å². The molecule has 3 aromatic rings. The largest absolute Gasteiger partial charge is 0.285 e. The minimum atomic E-state index is 0.389. The van der Waals surface area contributed by atoms with Crippen LogP contribution in [-0.4, -0.2) is 19.8 Å². The Labute approximate surface area is 99.3 Å². The molecule has 0 amide bonds. The van der Waals surface area contributed by atoms with Crippen LogP contribution in [0.2, 0.25) is 0 Å². The van der Waals surface area contributed by atoms with E-state index in [4.69, 9.17) is 0 Å². The third-order valence-electron chi connectivity index (χ3n) is 2.90. The molecule has 0 aliphatic heterocycles. The minimum absolute atomic E-state index is 0.389. The highest BCUT2D eigenvalue weighted by Gasteiger charge is 2.17. The van der Waals surface area contributed by atoms with Crippen molar-refractivity contribution in [2.24, 2.45) is 0 Å². The number of fused-ring (bicyclic) bond motifs is 1. The Morgan fingerprint density at radius 3 is 2.88 bits per heavy atom. The quantitative estimate of drug-likeness (QED) is 0.730. The lowest BCUT2D eigenvalue weighted by Gasteiger charge is -2.02. The number of hydrogen-bond acceptors (Lipinski definition) is 2. The van der Waals surface area contributed by atoms with Gasteiger partial charge in [0.2, 0.25) is 0 Å². The van der Waals surface area contributed by atoms with Crippen molar-refractivity contribution in [3.63, 3.8) is 0 Å². The average molecular weight is 226 g/mol. The van der Waals surface area contributed by atoms with Crippen molar-refractivity contribution < 1.29 is 0 Å². The van der Waals surface area contributed by atoms with Crippen molar-refractivity contribution >= 4 is 5.52 Å². The highest BCUT2D eigenvalue weighted by molar-refractivity contribution is 5.82. The van der Waals surface area contributed by atoms with Gasteiger partial charge in [0.05, 0.1) is 17.4 Å². The fourth-order valence-corrected chi connectivity index (χ4v) is 2.10. The summed E-state index contributed by atoms with van der Waals surface area (Å²) in [5.41, 5.74) is 4.50. The Morgan fingerprint density at radius 2 is 2.18 bits per heavy atom. The van der Waals surface area contributed by atoms with Gasteiger partial charge in [-0.15, -0.1) is 0 Å². The van der Waals surface area contributed by atoms with Crippen molar-refractivity contribution in [2.75, 3.05) is 0 Å². The Morgan fingerprint density at radius 1 is 1.29 bits per heavy atom. The summed E-state index contributed by atoms with van der Waals surface area (Å²) in [5.74, 6) is 0.389. The van der Waals surface area contributed by atoms with Crippen molar-refractivity contribution in [1.29, 1.82) is 0 Å². The smallest absolute Gasteiger partial charge is 0.0744 e. The number of rotatable bonds is 2. The van der Waals surface area contributed by atoms with E-state index in [0.29, 0.717) is 5.92 Å². The van der Waals surface area contributed by atoms with E-state index in [1.54, 1.807) is 0 Å². The van der Waals surface area contributed by atoms with E-state index in [0.717, 1.165) is 16.8 Å². The molecule has 0 saturated carbocycles. The lowest BCUT2D eigenvalue weighted by molar-refractivity contribution is 0.790. The number of nitrogens with zero attached hydrogens (tertiary/aromatic N) is 3. The highest BCUT2D eigenvalue weighted by Crippen LogP contribution is 2.31. The molecule has 0 atom stereocenters. The summed E-state index contributed by atoms with van der Waals surface area (Å²) in [6.45, 7) is 4.32. The molecule has 0 fully saturated rings. The fraction of sp³-hybridized carbons (Fsp3) is 0.231. The summed E-state index contributed by atoms with van der Waals surface area (Å²) in [5, 5.41) is 11.5. The average Bonchev–Trinajstić information content (AvgIpc) is 2.94. The van der Waals surface area contributed by atoms with Gasteiger partial charge in [0.25, 0.3) is 0 Å². The van der Waals surface area contributed by atoms with Gasteiger partial charge in [-0.05, 0) is 18.1 Å². The Balaban J connectivity index is 2.36. The number of hydrogen-bond donors (Lipinski definition) is 1. The molecule has 0 bridgehead atoms. The van der Waals surface area contributed by atoms with Gasteiger partial charge in [-0.1, -0.05) is 19.9 Å². The predicted octanol–water partition coefficient (Wildman–Crippen LogP) is 2.85. The molecule has 0 radical (unpaired) electrons. The number of H-pyrrole nitrogens is 1. The molecule has 0 aliphatic carbocycles. The van der Waals surface area contributed by atoms with Crippen LogP contribution < -0.4 is 0 Å². The first-order chi connectivity index (χ1) is 8.27. The first kappa shape index (κ1) is 10.1. The van der Waals surface area contributed by atoms with Gasteiger partial charge < -0.3 is 0 Å². The van der Waals surface area contributed by atoms with E-state index in [-0.39, 0.29) is 0 Å². The molecular formula is C13H14N4. The normalized spacial score (nSPS) is 11.5. The first-order valence-electron chi connectivity index (χ1n) is 5.74. The maximum atomic E-state index is 4.64. The molecule has 0 saturated heterocycles. The maximum Gasteiger partial charge on any atom is 0.0744 e. The van der Waals surface area contributed by atoms with Crippen LogP contribution in [0.25, 0.3) is 16.6 Å². The molecule has 3 heterocycles. The van der Waals surface area contributed by atoms with Crippen molar-refractivity contribution in [3.05, 3.63) is 42.5 Å². The van der Waals surface area contributed by atoms with Crippen LogP contribution in [0, 0.1) is 0 Å². The zero-order valence-corrected chi connectivity index (χ0v) is 9.88. The highest BCUT2D eigenvalue weighted by atomic mass is 15.2. The summed E-state index contributed by atoms with van der Waals surface area (Å²) in [7, 11) is 0. The summed E-state index contributed by atoms with van der Waals surface area (Å²) in [6, 6.07) is 6.11. The second-order valence-corrected chi connectivity index (χ2v) is 4.43. The molecule has 3 aromatic heterocycles. The molecule has 17 heavy (non-hydrogen) atoms. The van der Waals surface area contributed by atoms with E-state index in [9.17, 15) is 0 Å². The minimum Gasteiger partial charge on any atom is -0.285 e. The van der Waals surface area contributed by atoms with E-state index in [1.165, 1.54) is 5.56 Å². The zero-order chi connectivity index (χ0) is 11.8. The molecule has 0 spiro atoms. The lowest BCUT2D eigenvalue weighted by atomic mass is 10.0. The van der Waals surface area contributed by atoms with E-state index < -0.39 is 0 Å². The summed E-state index contributed by atoms with van der Waals surface area (Å²) in [6.07, 6.45) is 5.73. The zero-order valence-electron chi connectivity index (χ0n) is 9.88. The lowest BCUT2D eigenvalue weighted by Crippen LogP contribution is -1.91. The van der Waals surface area contributed by atoms with Gasteiger partial charge >= 0.3 is 0 Å². The van der Waals surface area contributed by atoms with Gasteiger partial charge in [-0.3, -0.25) is 5.10 Å². The summed E-state index contributed by atoms with van der Waals surface area (Å²) < 4.78 is 1.93. The fourth-order valence-electron chi connectivity index (χ4n) is 2.10. The molecule has 4 heteroatoms. The maximum absolute atomic E-state index is 4.64. The second kappa shape index (κ2) is 3.73. The standard InChI is InChI=1S/C13H14N4/c1-9(2)13-12(10-7-14-15-8-10)11-5-3-4-6-17(11)16-13/h3-9H,1-2H3,(H,14,15). The van der Waals surface area contributed by atoms with Crippen molar-refractivity contribution in [1.82, 2.24) is 19.8 Å². The van der Waals surface area contributed by atoms with Gasteiger partial charge in [-0.2, -0.15) is 10.2 Å². The second-order valence-electron chi connectivity index (χ2n) is 4.43. The molecule has 86 valence electrons. The third kappa shape index (κ3) is 1.53.